The number of benzene rings is 7. The maximum atomic E-state index is 5.54. The first kappa shape index (κ1) is 75.9. The molecule has 28 nitrogen and oxygen atoms in total. The largest absolute Gasteiger partial charge is 0.493 e. The number of fused-ring (bicyclic) bond motifs is 6. The van der Waals surface area contributed by atoms with Gasteiger partial charge in [-0.15, -0.1) is 0 Å². The van der Waals surface area contributed by atoms with Crippen molar-refractivity contribution in [2.75, 3.05) is 141 Å². The van der Waals surface area contributed by atoms with Crippen LogP contribution in [0.3, 0.4) is 0 Å². The average Bonchev–Trinajstić information content (AvgIpc) is 1.74. The topological polar surface area (TPSA) is 263 Å². The number of halogens is 1. The van der Waals surface area contributed by atoms with Crippen LogP contribution in [0.4, 0.5) is 40.3 Å². The van der Waals surface area contributed by atoms with Gasteiger partial charge in [0.05, 0.1) is 84.7 Å². The Morgan fingerprint density at radius 3 is 1.72 bits per heavy atom. The third-order valence-corrected chi connectivity index (χ3v) is 20.9. The molecule has 19 rings (SSSR count). The summed E-state index contributed by atoms with van der Waals surface area (Å²) >= 11 is 3.43. The fraction of sp³-hybridized carbons (Fsp3) is 0.244. The van der Waals surface area contributed by atoms with Crippen LogP contribution >= 0.6 is 15.9 Å². The van der Waals surface area contributed by atoms with E-state index in [-0.39, 0.29) is 0 Å². The number of nitrogens with one attached hydrogen (secondary N) is 4. The van der Waals surface area contributed by atoms with E-state index in [0.29, 0.717) is 46.4 Å². The number of likely N-dealkylation sites (tertiary alicyclic amines) is 1. The van der Waals surface area contributed by atoms with E-state index in [4.69, 9.17) is 48.1 Å². The van der Waals surface area contributed by atoms with Gasteiger partial charge in [-0.05, 0) is 125 Å². The zero-order valence-electron chi connectivity index (χ0n) is 64.9. The molecule has 3 aliphatic rings. The molecule has 0 aliphatic carbocycles. The van der Waals surface area contributed by atoms with Crippen molar-refractivity contribution >= 4 is 101 Å². The van der Waals surface area contributed by atoms with Crippen molar-refractivity contribution < 1.29 is 33.2 Å². The van der Waals surface area contributed by atoms with Crippen molar-refractivity contribution in [1.29, 1.82) is 0 Å². The smallest absolute Gasteiger partial charge is 0.203 e. The summed E-state index contributed by atoms with van der Waals surface area (Å²) in [5.41, 5.74) is 14.0. The number of likely N-dealkylation sites (N-methyl/N-ethyl adjacent to an activating group) is 1. The van der Waals surface area contributed by atoms with E-state index in [1.807, 2.05) is 122 Å². The Morgan fingerprint density at radius 2 is 1.06 bits per heavy atom. The zero-order valence-corrected chi connectivity index (χ0v) is 66.5. The number of hydrogen-bond donors (Lipinski definition) is 4. The van der Waals surface area contributed by atoms with Crippen LogP contribution < -0.4 is 54.2 Å². The Morgan fingerprint density at radius 1 is 0.496 bits per heavy atom. The highest BCUT2D eigenvalue weighted by Crippen LogP contribution is 2.44. The van der Waals surface area contributed by atoms with Gasteiger partial charge in [-0.3, -0.25) is 10.00 Å². The number of aromatic nitrogens is 14. The fourth-order valence-electron chi connectivity index (χ4n) is 14.7. The number of hydrogen-bond acceptors (Lipinski definition) is 23. The van der Waals surface area contributed by atoms with Crippen molar-refractivity contribution in [3.05, 3.63) is 230 Å². The van der Waals surface area contributed by atoms with Gasteiger partial charge in [0.2, 0.25) is 11.5 Å². The predicted molar refractivity (Wildman–Crippen MR) is 453 cm³/mol. The first-order valence-electron chi connectivity index (χ1n) is 37.9. The molecule has 3 fully saturated rings. The third-order valence-electron chi connectivity index (χ3n) is 20.5. The Labute approximate surface area is 672 Å². The molecule has 3 saturated heterocycles. The Balaban J connectivity index is 0.000000116. The Bertz CT molecular complexity index is 5970. The normalized spacial score (nSPS) is 14.5. The average molecular weight is 1610 g/mol. The summed E-state index contributed by atoms with van der Waals surface area (Å²) in [5, 5.41) is 20.9. The van der Waals surface area contributed by atoms with Gasteiger partial charge in [0.1, 0.15) is 4.60 Å². The predicted octanol–water partition coefficient (Wildman–Crippen LogP) is 14.9. The molecule has 4 N–H and O–H groups in total. The molecule has 0 radical (unpaired) electrons. The summed E-state index contributed by atoms with van der Waals surface area (Å²) in [6.07, 6.45) is 26.7. The van der Waals surface area contributed by atoms with Crippen molar-refractivity contribution in [3.8, 4) is 68.3 Å². The van der Waals surface area contributed by atoms with E-state index >= 15 is 0 Å². The second-order valence-corrected chi connectivity index (χ2v) is 28.7. The van der Waals surface area contributed by atoms with E-state index in [2.05, 4.69) is 191 Å². The van der Waals surface area contributed by atoms with Gasteiger partial charge in [-0.25, -0.2) is 39.9 Å². The lowest BCUT2D eigenvalue weighted by atomic mass is 10.0. The molecule has 9 aromatic heterocycles. The molecule has 1 atom stereocenters. The zero-order chi connectivity index (χ0) is 78.7. The SMILES string of the molecule is Brc1cn2ccnc2c(Nc2ccc(N3CCOCC3)cc2)n1.COc1cc(-c2cn3ccnc3c(N3CCCN(C)CC3)n2)cc(OC)c1OC.COc1cc(-c2cn3ccnc3c(N[C@H]3CCN(Cc4ccccc4)C3)n2)cc(OC)c1OC.c1ccc2c(-c3cn4ccnc4c(Nc4ccc5cn[nH]c5c4)n3)cccc2c1. The summed E-state index contributed by atoms with van der Waals surface area (Å²) < 4.78 is 47.1. The summed E-state index contributed by atoms with van der Waals surface area (Å²) in [4.78, 5) is 46.8. The lowest BCUT2D eigenvalue weighted by Crippen LogP contribution is -2.36. The van der Waals surface area contributed by atoms with Gasteiger partial charge in [0.15, 0.2) is 68.9 Å². The second kappa shape index (κ2) is 34.9. The highest BCUT2D eigenvalue weighted by Gasteiger charge is 2.27. The van der Waals surface area contributed by atoms with Crippen molar-refractivity contribution in [2.45, 2.75) is 25.4 Å². The monoisotopic (exact) mass is 1610 g/mol. The first-order valence-corrected chi connectivity index (χ1v) is 38.7. The van der Waals surface area contributed by atoms with Crippen molar-refractivity contribution in [3.63, 3.8) is 0 Å². The maximum Gasteiger partial charge on any atom is 0.203 e. The lowest BCUT2D eigenvalue weighted by Gasteiger charge is -2.28. The first-order chi connectivity index (χ1) is 56.5. The molecule has 3 aliphatic heterocycles. The molecule has 0 unspecified atom stereocenters. The van der Waals surface area contributed by atoms with Crippen molar-refractivity contribution in [2.24, 2.45) is 0 Å². The molecular weight excluding hydrogens is 1520 g/mol. The highest BCUT2D eigenvalue weighted by molar-refractivity contribution is 9.10. The number of nitrogens with zero attached hydrogens (tertiary/aromatic N) is 17. The quantitative estimate of drug-likeness (QED) is 0.0586. The minimum atomic E-state index is 0.298. The Hall–Kier alpha value is -13.1. The molecule has 115 heavy (non-hydrogen) atoms. The van der Waals surface area contributed by atoms with Crippen LogP contribution in [0.5, 0.6) is 34.5 Å². The number of ether oxygens (including phenoxy) is 7. The van der Waals surface area contributed by atoms with Gasteiger partial charge >= 0.3 is 0 Å². The van der Waals surface area contributed by atoms with Gasteiger partial charge in [0.25, 0.3) is 0 Å². The van der Waals surface area contributed by atoms with Gasteiger partial charge in [-0.1, -0.05) is 72.8 Å². The number of methoxy groups -OCH3 is 6. The number of rotatable bonds is 19. The number of H-pyrrole nitrogens is 1. The van der Waals surface area contributed by atoms with Gasteiger partial charge in [-0.2, -0.15) is 5.10 Å². The molecule has 0 saturated carbocycles. The van der Waals surface area contributed by atoms with Crippen LogP contribution in [-0.4, -0.2) is 199 Å². The van der Waals surface area contributed by atoms with Crippen LogP contribution in [0.15, 0.2) is 225 Å². The summed E-state index contributed by atoms with van der Waals surface area (Å²) in [7, 11) is 11.8. The molecule has 12 heterocycles. The molecular formula is C86H88BrN21O7. The lowest BCUT2D eigenvalue weighted by molar-refractivity contribution is 0.122. The van der Waals surface area contributed by atoms with Crippen molar-refractivity contribution in [1.82, 2.24) is 77.5 Å². The molecule has 0 amide bonds. The number of morpholine rings is 1. The summed E-state index contributed by atoms with van der Waals surface area (Å²) in [5.74, 6) is 6.61. The van der Waals surface area contributed by atoms with Crippen LogP contribution in [0.2, 0.25) is 0 Å². The Kier molecular flexibility index (Phi) is 23.0. The summed E-state index contributed by atoms with van der Waals surface area (Å²) in [6, 6.07) is 47.6. The van der Waals surface area contributed by atoms with Gasteiger partial charge < -0.3 is 81.4 Å². The van der Waals surface area contributed by atoms with Crippen LogP contribution in [-0.2, 0) is 11.3 Å². The van der Waals surface area contributed by atoms with E-state index in [1.165, 1.54) is 22.0 Å². The van der Waals surface area contributed by atoms with E-state index in [9.17, 15) is 0 Å². The highest BCUT2D eigenvalue weighted by atomic mass is 79.9. The van der Waals surface area contributed by atoms with E-state index in [0.717, 1.165) is 186 Å². The summed E-state index contributed by atoms with van der Waals surface area (Å²) in [6.45, 7) is 10.4. The molecule has 29 heteroatoms. The molecule has 16 aromatic rings. The minimum absolute atomic E-state index is 0.298. The van der Waals surface area contributed by atoms with E-state index < -0.39 is 0 Å². The molecule has 0 bridgehead atoms. The molecule has 7 aromatic carbocycles. The molecule has 0 spiro atoms. The third kappa shape index (κ3) is 17.0. The van der Waals surface area contributed by atoms with Crippen LogP contribution in [0, 0.1) is 0 Å². The van der Waals surface area contributed by atoms with Crippen LogP contribution in [0.1, 0.15) is 18.4 Å². The number of aromatic amines is 1. The van der Waals surface area contributed by atoms with Crippen LogP contribution in [0.25, 0.3) is 78.0 Å². The minimum Gasteiger partial charge on any atom is -0.493 e. The maximum absolute atomic E-state index is 5.54. The van der Waals surface area contributed by atoms with Gasteiger partial charge in [0, 0.05) is 172 Å². The second-order valence-electron chi connectivity index (χ2n) is 27.9. The van der Waals surface area contributed by atoms with E-state index in [1.54, 1.807) is 61.2 Å². The fourth-order valence-corrected chi connectivity index (χ4v) is 15.1. The molecule has 586 valence electrons. The number of imidazole rings is 4. The standard InChI is InChI=1S/C26H29N5O3.C23H16N6.C21H27N5O3.C16H16BrN5O/c1-32-22-13-19(14-23(33-2)24(22)34-3)21-17-31-12-10-27-26(31)25(29-21)28-20-9-11-30(16-20)15-18-7-5-4-6-8-18;1-2-6-18-15(4-1)5-3-7-19(18)21-14-29-11-10-24-23(29)22(27-21)26-17-9-8-16-13-25-28-20(16)12-17;1-24-7-5-8-25(11-10-24)21-20-22-6-9-26(20)14-16(23-21)15-12-17(27-2)19(29-4)18(13-15)28-3;17-14-11-22-6-5-18-16(22)15(20-14)19-12-1-3-13(4-2-12)21-7-9-23-10-8-21/h4-8,10,12-14,17,20H,9,11,15-16H2,1-3H3,(H,28,29);1-14H,(H,25,28)(H,26,27);6,9,12-14H,5,7-8,10-11H2,1-4H3;1-6,11H,7-10H2,(H,19,20)/t20-;;;/m0.../s1. The number of anilines is 7.